The van der Waals surface area contributed by atoms with Crippen molar-refractivity contribution in [3.05, 3.63) is 35.4 Å². The highest BCUT2D eigenvalue weighted by molar-refractivity contribution is 5.94. The Labute approximate surface area is 120 Å². The lowest BCUT2D eigenvalue weighted by Crippen LogP contribution is -2.41. The zero-order valence-corrected chi connectivity index (χ0v) is 12.0. The Morgan fingerprint density at radius 1 is 1.30 bits per heavy atom. The van der Waals surface area contributed by atoms with Crippen LogP contribution in [0.5, 0.6) is 0 Å². The van der Waals surface area contributed by atoms with Crippen molar-refractivity contribution in [3.63, 3.8) is 0 Å². The van der Waals surface area contributed by atoms with Gasteiger partial charge in [-0.25, -0.2) is 0 Å². The minimum Gasteiger partial charge on any atom is -0.379 e. The maximum absolute atomic E-state index is 12.3. The number of likely N-dealkylation sites (N-methyl/N-ethyl adjacent to an activating group) is 1. The van der Waals surface area contributed by atoms with Crippen LogP contribution < -0.4 is 5.73 Å². The van der Waals surface area contributed by atoms with Crippen LogP contribution in [-0.4, -0.2) is 62.1 Å². The summed E-state index contributed by atoms with van der Waals surface area (Å²) in [5.41, 5.74) is 7.31. The van der Waals surface area contributed by atoms with Crippen LogP contribution in [0.4, 0.5) is 0 Å². The highest BCUT2D eigenvalue weighted by Gasteiger charge is 2.14. The number of hydrogen-bond donors (Lipinski definition) is 1. The number of hydrogen-bond acceptors (Lipinski definition) is 4. The number of carbonyl (C=O) groups is 1. The summed E-state index contributed by atoms with van der Waals surface area (Å²) in [4.78, 5) is 16.4. The van der Waals surface area contributed by atoms with Gasteiger partial charge in [0.1, 0.15) is 0 Å². The molecule has 110 valence electrons. The molecule has 5 nitrogen and oxygen atoms in total. The monoisotopic (exact) mass is 277 g/mol. The minimum absolute atomic E-state index is 0.0573. The fourth-order valence-electron chi connectivity index (χ4n) is 2.22. The number of amides is 1. The van der Waals surface area contributed by atoms with Gasteiger partial charge in [-0.2, -0.15) is 0 Å². The predicted octanol–water partition coefficient (Wildman–Crippen LogP) is 0.550. The van der Waals surface area contributed by atoms with Gasteiger partial charge in [0, 0.05) is 45.3 Å². The second-order valence-corrected chi connectivity index (χ2v) is 5.08. The highest BCUT2D eigenvalue weighted by Crippen LogP contribution is 2.07. The zero-order valence-electron chi connectivity index (χ0n) is 12.0. The first-order valence-corrected chi connectivity index (χ1v) is 7.05. The lowest BCUT2D eigenvalue weighted by molar-refractivity contribution is 0.0338. The fourth-order valence-corrected chi connectivity index (χ4v) is 2.22. The molecule has 1 aromatic rings. The highest BCUT2D eigenvalue weighted by atomic mass is 16.5. The largest absolute Gasteiger partial charge is 0.379 e. The molecule has 1 aliphatic heterocycles. The van der Waals surface area contributed by atoms with Crippen molar-refractivity contribution in [3.8, 4) is 0 Å². The van der Waals surface area contributed by atoms with E-state index in [1.807, 2.05) is 31.3 Å². The fraction of sp³-hybridized carbons (Fsp3) is 0.533. The number of ether oxygens (including phenoxy) is 1. The summed E-state index contributed by atoms with van der Waals surface area (Å²) in [6.07, 6.45) is 0. The van der Waals surface area contributed by atoms with E-state index >= 15 is 0 Å². The number of nitrogens with zero attached hydrogens (tertiary/aromatic N) is 2. The van der Waals surface area contributed by atoms with Crippen LogP contribution in [-0.2, 0) is 11.3 Å². The zero-order chi connectivity index (χ0) is 14.4. The molecule has 0 aliphatic carbocycles. The molecule has 2 N–H and O–H groups in total. The van der Waals surface area contributed by atoms with E-state index in [0.29, 0.717) is 12.1 Å². The lowest BCUT2D eigenvalue weighted by Gasteiger charge is -2.28. The van der Waals surface area contributed by atoms with Crippen LogP contribution in [0, 0.1) is 0 Å². The Hall–Kier alpha value is -1.43. The molecule has 2 rings (SSSR count). The summed E-state index contributed by atoms with van der Waals surface area (Å²) >= 11 is 0. The van der Waals surface area contributed by atoms with Crippen molar-refractivity contribution in [1.82, 2.24) is 9.80 Å². The summed E-state index contributed by atoms with van der Waals surface area (Å²) in [5.74, 6) is 0.0573. The maximum Gasteiger partial charge on any atom is 0.253 e. The second-order valence-electron chi connectivity index (χ2n) is 5.08. The Morgan fingerprint density at radius 2 is 1.95 bits per heavy atom. The average molecular weight is 277 g/mol. The van der Waals surface area contributed by atoms with Gasteiger partial charge in [0.05, 0.1) is 13.2 Å². The van der Waals surface area contributed by atoms with E-state index < -0.39 is 0 Å². The Bertz CT molecular complexity index is 427. The molecule has 1 amide bonds. The molecule has 1 aliphatic rings. The predicted molar refractivity (Wildman–Crippen MR) is 78.6 cm³/mol. The molecule has 1 heterocycles. The topological polar surface area (TPSA) is 58.8 Å². The van der Waals surface area contributed by atoms with Crippen molar-refractivity contribution in [2.75, 3.05) is 46.4 Å². The van der Waals surface area contributed by atoms with E-state index in [2.05, 4.69) is 4.90 Å². The number of rotatable bonds is 5. The number of benzene rings is 1. The maximum atomic E-state index is 12.3. The third-order valence-corrected chi connectivity index (χ3v) is 3.64. The molecule has 0 atom stereocenters. The summed E-state index contributed by atoms with van der Waals surface area (Å²) in [5, 5.41) is 0. The minimum atomic E-state index is 0.0573. The number of morpholine rings is 1. The van der Waals surface area contributed by atoms with Crippen molar-refractivity contribution < 1.29 is 9.53 Å². The summed E-state index contributed by atoms with van der Waals surface area (Å²) < 4.78 is 5.31. The molecule has 0 radical (unpaired) electrons. The van der Waals surface area contributed by atoms with Gasteiger partial charge in [-0.1, -0.05) is 12.1 Å². The third kappa shape index (κ3) is 4.03. The van der Waals surface area contributed by atoms with Crippen LogP contribution in [0.3, 0.4) is 0 Å². The molecule has 0 bridgehead atoms. The lowest BCUT2D eigenvalue weighted by atomic mass is 10.1. The number of nitrogens with two attached hydrogens (primary N) is 1. The molecular weight excluding hydrogens is 254 g/mol. The van der Waals surface area contributed by atoms with Crippen LogP contribution in [0.15, 0.2) is 24.3 Å². The van der Waals surface area contributed by atoms with E-state index in [-0.39, 0.29) is 5.91 Å². The molecule has 0 spiro atoms. The van der Waals surface area contributed by atoms with Crippen LogP contribution in [0.25, 0.3) is 0 Å². The van der Waals surface area contributed by atoms with Gasteiger partial charge in [0.15, 0.2) is 0 Å². The molecule has 5 heteroatoms. The Morgan fingerprint density at radius 3 is 2.55 bits per heavy atom. The molecule has 0 saturated carbocycles. The van der Waals surface area contributed by atoms with Gasteiger partial charge in [-0.05, 0) is 17.7 Å². The van der Waals surface area contributed by atoms with E-state index in [0.717, 1.165) is 45.0 Å². The molecule has 1 aromatic carbocycles. The standard InChI is InChI=1S/C15H23N3O2/c1-17(6-7-18-8-10-20-11-9-18)15(19)14-4-2-13(12-16)3-5-14/h2-5H,6-12,16H2,1H3. The quantitative estimate of drug-likeness (QED) is 0.854. The van der Waals surface area contributed by atoms with Crippen LogP contribution in [0.2, 0.25) is 0 Å². The van der Waals surface area contributed by atoms with E-state index in [1.165, 1.54) is 0 Å². The molecular formula is C15H23N3O2. The number of carbonyl (C=O) groups excluding carboxylic acids is 1. The van der Waals surface area contributed by atoms with Crippen LogP contribution in [0.1, 0.15) is 15.9 Å². The molecule has 1 fully saturated rings. The van der Waals surface area contributed by atoms with Crippen LogP contribution >= 0.6 is 0 Å². The van der Waals surface area contributed by atoms with Crippen molar-refractivity contribution in [2.24, 2.45) is 5.73 Å². The molecule has 0 aromatic heterocycles. The molecule has 20 heavy (non-hydrogen) atoms. The van der Waals surface area contributed by atoms with E-state index in [4.69, 9.17) is 10.5 Å². The Balaban J connectivity index is 1.83. The van der Waals surface area contributed by atoms with Crippen molar-refractivity contribution in [1.29, 1.82) is 0 Å². The van der Waals surface area contributed by atoms with Gasteiger partial charge in [0.2, 0.25) is 0 Å². The SMILES string of the molecule is CN(CCN1CCOCC1)C(=O)c1ccc(CN)cc1. The molecule has 0 unspecified atom stereocenters. The van der Waals surface area contributed by atoms with E-state index in [9.17, 15) is 4.79 Å². The van der Waals surface area contributed by atoms with Gasteiger partial charge in [-0.15, -0.1) is 0 Å². The second kappa shape index (κ2) is 7.38. The average Bonchev–Trinajstić information content (AvgIpc) is 2.53. The van der Waals surface area contributed by atoms with Crippen molar-refractivity contribution >= 4 is 5.91 Å². The van der Waals surface area contributed by atoms with Gasteiger partial charge in [0.25, 0.3) is 5.91 Å². The summed E-state index contributed by atoms with van der Waals surface area (Å²) in [6, 6.07) is 7.50. The smallest absolute Gasteiger partial charge is 0.253 e. The first kappa shape index (κ1) is 15.0. The first-order valence-electron chi connectivity index (χ1n) is 7.05. The Kier molecular flexibility index (Phi) is 5.52. The van der Waals surface area contributed by atoms with E-state index in [1.54, 1.807) is 4.90 Å². The molecule has 1 saturated heterocycles. The first-order chi connectivity index (χ1) is 9.70. The van der Waals surface area contributed by atoms with Gasteiger partial charge < -0.3 is 15.4 Å². The van der Waals surface area contributed by atoms with Gasteiger partial charge >= 0.3 is 0 Å². The summed E-state index contributed by atoms with van der Waals surface area (Å²) in [7, 11) is 1.85. The third-order valence-electron chi connectivity index (χ3n) is 3.64. The normalized spacial score (nSPS) is 16.1. The van der Waals surface area contributed by atoms with Crippen molar-refractivity contribution in [2.45, 2.75) is 6.54 Å². The van der Waals surface area contributed by atoms with Gasteiger partial charge in [-0.3, -0.25) is 9.69 Å². The summed E-state index contributed by atoms with van der Waals surface area (Å²) in [6.45, 7) is 5.61.